The molecule has 0 aliphatic heterocycles. The van der Waals surface area contributed by atoms with E-state index >= 15 is 0 Å². The fraction of sp³-hybridized carbons (Fsp3) is 0.333. The number of carboxylic acids is 1. The summed E-state index contributed by atoms with van der Waals surface area (Å²) in [7, 11) is 0. The number of amides is 1. The van der Waals surface area contributed by atoms with Gasteiger partial charge >= 0.3 is 5.97 Å². The lowest BCUT2D eigenvalue weighted by molar-refractivity contribution is -0.139. The molecule has 0 fully saturated rings. The van der Waals surface area contributed by atoms with Gasteiger partial charge in [-0.25, -0.2) is 9.18 Å². The standard InChI is InChI=1S/C9H10FNO3S/c1-5-2-3-7(15-5)8(12)11-6(4-10)9(13)14/h2-3,6H,4H2,1H3,(H,11,12)(H,13,14). The van der Waals surface area contributed by atoms with Crippen LogP contribution in [0.5, 0.6) is 0 Å². The Balaban J connectivity index is 2.66. The summed E-state index contributed by atoms with van der Waals surface area (Å²) < 4.78 is 12.2. The van der Waals surface area contributed by atoms with Gasteiger partial charge in [0.2, 0.25) is 0 Å². The summed E-state index contributed by atoms with van der Waals surface area (Å²) in [6, 6.07) is 1.84. The van der Waals surface area contributed by atoms with E-state index in [1.807, 2.05) is 6.92 Å². The van der Waals surface area contributed by atoms with Crippen LogP contribution in [0.25, 0.3) is 0 Å². The molecule has 0 aliphatic rings. The molecule has 1 unspecified atom stereocenters. The lowest BCUT2D eigenvalue weighted by Gasteiger charge is -2.09. The molecule has 1 aromatic rings. The highest BCUT2D eigenvalue weighted by atomic mass is 32.1. The summed E-state index contributed by atoms with van der Waals surface area (Å²) in [4.78, 5) is 23.2. The number of aliphatic carboxylic acids is 1. The first-order chi connectivity index (χ1) is 7.04. The van der Waals surface area contributed by atoms with Crippen molar-refractivity contribution in [1.29, 1.82) is 0 Å². The molecular formula is C9H10FNO3S. The van der Waals surface area contributed by atoms with E-state index in [1.165, 1.54) is 11.3 Å². The zero-order valence-corrected chi connectivity index (χ0v) is 8.81. The van der Waals surface area contributed by atoms with Gasteiger partial charge in [-0.15, -0.1) is 11.3 Å². The second-order valence-electron chi connectivity index (χ2n) is 2.93. The minimum absolute atomic E-state index is 0.382. The van der Waals surface area contributed by atoms with Crippen molar-refractivity contribution < 1.29 is 19.1 Å². The SMILES string of the molecule is Cc1ccc(C(=O)NC(CF)C(=O)O)s1. The summed E-state index contributed by atoms with van der Waals surface area (Å²) >= 11 is 1.23. The fourth-order valence-corrected chi connectivity index (χ4v) is 1.72. The lowest BCUT2D eigenvalue weighted by atomic mass is 10.3. The van der Waals surface area contributed by atoms with Gasteiger partial charge in [-0.05, 0) is 19.1 Å². The van der Waals surface area contributed by atoms with Crippen molar-refractivity contribution in [1.82, 2.24) is 5.32 Å². The van der Waals surface area contributed by atoms with E-state index < -0.39 is 24.6 Å². The summed E-state index contributed by atoms with van der Waals surface area (Å²) in [6.07, 6.45) is 0. The first kappa shape index (κ1) is 11.6. The molecule has 0 saturated carbocycles. The Bertz CT molecular complexity index is 377. The molecule has 15 heavy (non-hydrogen) atoms. The van der Waals surface area contributed by atoms with Crippen molar-refractivity contribution in [3.63, 3.8) is 0 Å². The molecule has 0 aromatic carbocycles. The van der Waals surface area contributed by atoms with Crippen molar-refractivity contribution in [3.8, 4) is 0 Å². The number of alkyl halides is 1. The van der Waals surface area contributed by atoms with Gasteiger partial charge in [0.05, 0.1) is 4.88 Å². The molecule has 0 aliphatic carbocycles. The maximum atomic E-state index is 12.2. The first-order valence-corrected chi connectivity index (χ1v) is 5.02. The average molecular weight is 231 g/mol. The highest BCUT2D eigenvalue weighted by molar-refractivity contribution is 7.13. The molecule has 82 valence electrons. The van der Waals surface area contributed by atoms with Crippen molar-refractivity contribution in [2.24, 2.45) is 0 Å². The zero-order chi connectivity index (χ0) is 11.4. The Kier molecular flexibility index (Phi) is 3.79. The van der Waals surface area contributed by atoms with Crippen molar-refractivity contribution in [2.45, 2.75) is 13.0 Å². The molecule has 1 atom stereocenters. The van der Waals surface area contributed by atoms with Crippen LogP contribution in [0.4, 0.5) is 4.39 Å². The van der Waals surface area contributed by atoms with Crippen LogP contribution < -0.4 is 5.32 Å². The Morgan fingerprint density at radius 3 is 2.67 bits per heavy atom. The molecule has 0 saturated heterocycles. The predicted octanol–water partition coefficient (Wildman–Crippen LogP) is 1.21. The number of hydrogen-bond acceptors (Lipinski definition) is 3. The minimum atomic E-state index is -1.47. The minimum Gasteiger partial charge on any atom is -0.480 e. The monoisotopic (exact) mass is 231 g/mol. The molecule has 1 rings (SSSR count). The highest BCUT2D eigenvalue weighted by Gasteiger charge is 2.20. The maximum absolute atomic E-state index is 12.2. The fourth-order valence-electron chi connectivity index (χ4n) is 0.952. The molecule has 1 aromatic heterocycles. The third-order valence-corrected chi connectivity index (χ3v) is 2.72. The third kappa shape index (κ3) is 3.02. The average Bonchev–Trinajstić information content (AvgIpc) is 2.60. The summed E-state index contributed by atoms with van der Waals surface area (Å²) in [6.45, 7) is 0.705. The van der Waals surface area contributed by atoms with Crippen molar-refractivity contribution in [3.05, 3.63) is 21.9 Å². The molecule has 1 amide bonds. The Labute approximate surface area is 89.7 Å². The van der Waals surface area contributed by atoms with Crippen LogP contribution in [0.2, 0.25) is 0 Å². The zero-order valence-electron chi connectivity index (χ0n) is 7.99. The molecule has 0 bridgehead atoms. The molecule has 2 N–H and O–H groups in total. The number of rotatable bonds is 4. The number of aryl methyl sites for hydroxylation is 1. The van der Waals surface area contributed by atoms with Crippen LogP contribution >= 0.6 is 11.3 Å². The van der Waals surface area contributed by atoms with Crippen LogP contribution in [0.1, 0.15) is 14.5 Å². The molecule has 1 heterocycles. The van der Waals surface area contributed by atoms with Gasteiger partial charge in [0.15, 0.2) is 6.04 Å². The van der Waals surface area contributed by atoms with E-state index in [4.69, 9.17) is 5.11 Å². The van der Waals surface area contributed by atoms with E-state index in [9.17, 15) is 14.0 Å². The van der Waals surface area contributed by atoms with Gasteiger partial charge in [-0.1, -0.05) is 0 Å². The predicted molar refractivity (Wildman–Crippen MR) is 53.9 cm³/mol. The quantitative estimate of drug-likeness (QED) is 0.818. The topological polar surface area (TPSA) is 66.4 Å². The summed E-state index contributed by atoms with van der Waals surface area (Å²) in [5.41, 5.74) is 0. The van der Waals surface area contributed by atoms with E-state index in [0.29, 0.717) is 4.88 Å². The van der Waals surface area contributed by atoms with Crippen LogP contribution in [0.15, 0.2) is 12.1 Å². The Hall–Kier alpha value is -1.43. The number of carbonyl (C=O) groups excluding carboxylic acids is 1. The molecule has 6 heteroatoms. The molecular weight excluding hydrogens is 221 g/mol. The van der Waals surface area contributed by atoms with Crippen molar-refractivity contribution in [2.75, 3.05) is 6.67 Å². The van der Waals surface area contributed by atoms with Gasteiger partial charge < -0.3 is 10.4 Å². The molecule has 0 radical (unpaired) electrons. The molecule has 4 nitrogen and oxygen atoms in total. The van der Waals surface area contributed by atoms with Crippen LogP contribution in [-0.4, -0.2) is 29.7 Å². The number of halogens is 1. The number of nitrogens with one attached hydrogen (secondary N) is 1. The van der Waals surface area contributed by atoms with E-state index in [1.54, 1.807) is 12.1 Å². The Morgan fingerprint density at radius 2 is 2.27 bits per heavy atom. The number of hydrogen-bond donors (Lipinski definition) is 2. The normalized spacial score (nSPS) is 12.1. The van der Waals surface area contributed by atoms with Gasteiger partial charge in [0, 0.05) is 4.88 Å². The summed E-state index contributed by atoms with van der Waals surface area (Å²) in [5.74, 6) is -1.93. The second kappa shape index (κ2) is 4.88. The smallest absolute Gasteiger partial charge is 0.328 e. The maximum Gasteiger partial charge on any atom is 0.328 e. The van der Waals surface area contributed by atoms with E-state index in [-0.39, 0.29) is 0 Å². The third-order valence-electron chi connectivity index (χ3n) is 1.72. The Morgan fingerprint density at radius 1 is 1.60 bits per heavy atom. The van der Waals surface area contributed by atoms with Gasteiger partial charge in [0.1, 0.15) is 6.67 Å². The number of carboxylic acid groups (broad SMARTS) is 1. The highest BCUT2D eigenvalue weighted by Crippen LogP contribution is 2.14. The van der Waals surface area contributed by atoms with Crippen molar-refractivity contribution >= 4 is 23.2 Å². The van der Waals surface area contributed by atoms with Crippen LogP contribution in [-0.2, 0) is 4.79 Å². The van der Waals surface area contributed by atoms with E-state index in [0.717, 1.165) is 4.88 Å². The molecule has 0 spiro atoms. The number of thiophene rings is 1. The number of carbonyl (C=O) groups is 2. The van der Waals surface area contributed by atoms with Crippen LogP contribution in [0.3, 0.4) is 0 Å². The van der Waals surface area contributed by atoms with Gasteiger partial charge in [-0.2, -0.15) is 0 Å². The van der Waals surface area contributed by atoms with Gasteiger partial charge in [0.25, 0.3) is 5.91 Å². The lowest BCUT2D eigenvalue weighted by Crippen LogP contribution is -2.42. The van der Waals surface area contributed by atoms with E-state index in [2.05, 4.69) is 5.32 Å². The van der Waals surface area contributed by atoms with Gasteiger partial charge in [-0.3, -0.25) is 4.79 Å². The second-order valence-corrected chi connectivity index (χ2v) is 4.22. The first-order valence-electron chi connectivity index (χ1n) is 4.20. The van der Waals surface area contributed by atoms with Crippen LogP contribution in [0, 0.1) is 6.92 Å². The largest absolute Gasteiger partial charge is 0.480 e. The summed E-state index contributed by atoms with van der Waals surface area (Å²) in [5, 5.41) is 10.6.